The van der Waals surface area contributed by atoms with Crippen LogP contribution >= 0.6 is 0 Å². The van der Waals surface area contributed by atoms with Crippen molar-refractivity contribution in [1.82, 2.24) is 10.6 Å². The van der Waals surface area contributed by atoms with Gasteiger partial charge in [0.05, 0.1) is 0 Å². The van der Waals surface area contributed by atoms with Gasteiger partial charge in [0, 0.05) is 6.54 Å². The lowest BCUT2D eigenvalue weighted by Crippen LogP contribution is -2.46. The van der Waals surface area contributed by atoms with Crippen LogP contribution in [0.1, 0.15) is 6.42 Å². The molecule has 1 aliphatic rings. The summed E-state index contributed by atoms with van der Waals surface area (Å²) in [6, 6.07) is 0. The Morgan fingerprint density at radius 1 is 1.53 bits per heavy atom. The highest BCUT2D eigenvalue weighted by Crippen LogP contribution is 2.22. The Morgan fingerprint density at radius 2 is 2.20 bits per heavy atom. The van der Waals surface area contributed by atoms with E-state index in [4.69, 9.17) is 0 Å². The van der Waals surface area contributed by atoms with E-state index in [0.717, 1.165) is 13.0 Å². The van der Waals surface area contributed by atoms with Gasteiger partial charge in [-0.05, 0) is 25.4 Å². The molecule has 1 saturated heterocycles. The molecule has 0 aromatic carbocycles. The van der Waals surface area contributed by atoms with Gasteiger partial charge in [0.1, 0.15) is 0 Å². The number of hydrogen-bond acceptors (Lipinski definition) is 2. The zero-order valence-corrected chi connectivity index (χ0v) is 7.90. The first-order chi connectivity index (χ1) is 6.94. The predicted molar refractivity (Wildman–Crippen MR) is 44.9 cm³/mol. The van der Waals surface area contributed by atoms with E-state index in [1.807, 2.05) is 5.32 Å². The van der Waals surface area contributed by atoms with Gasteiger partial charge in [-0.1, -0.05) is 0 Å². The van der Waals surface area contributed by atoms with Crippen molar-refractivity contribution in [2.45, 2.75) is 18.8 Å². The first kappa shape index (κ1) is 12.2. The van der Waals surface area contributed by atoms with Crippen molar-refractivity contribution < 1.29 is 22.4 Å². The summed E-state index contributed by atoms with van der Waals surface area (Å²) in [5, 5.41) is 4.81. The topological polar surface area (TPSA) is 41.1 Å². The van der Waals surface area contributed by atoms with Crippen LogP contribution in [0.15, 0.2) is 0 Å². The van der Waals surface area contributed by atoms with Crippen molar-refractivity contribution in [2.24, 2.45) is 5.92 Å². The monoisotopic (exact) mass is 228 g/mol. The highest BCUT2D eigenvalue weighted by Gasteiger charge is 2.48. The maximum absolute atomic E-state index is 12.4. The Labute approximate surface area is 84.2 Å². The molecule has 88 valence electrons. The Bertz CT molecular complexity index is 229. The zero-order valence-electron chi connectivity index (χ0n) is 7.90. The fraction of sp³-hybridized carbons (Fsp3) is 0.875. The Balaban J connectivity index is 2.34. The van der Waals surface area contributed by atoms with Crippen LogP contribution in [-0.2, 0) is 4.79 Å². The summed E-state index contributed by atoms with van der Waals surface area (Å²) < 4.78 is 48.4. The lowest BCUT2D eigenvalue weighted by Gasteiger charge is -2.16. The molecule has 1 amide bonds. The minimum absolute atomic E-state index is 0.00808. The zero-order chi connectivity index (χ0) is 11.5. The SMILES string of the molecule is O=C(NCC1CCNC1)C(F)(F)C(F)F. The standard InChI is InChI=1S/C8H12F4N2O/c9-6(10)8(11,12)7(15)14-4-5-1-2-13-3-5/h5-6,13H,1-4H2,(H,14,15). The average Bonchev–Trinajstić information content (AvgIpc) is 2.66. The molecular weight excluding hydrogens is 216 g/mol. The van der Waals surface area contributed by atoms with Crippen LogP contribution in [0.3, 0.4) is 0 Å². The van der Waals surface area contributed by atoms with Crippen LogP contribution < -0.4 is 10.6 Å². The second kappa shape index (κ2) is 4.78. The van der Waals surface area contributed by atoms with Crippen LogP contribution in [-0.4, -0.2) is 37.9 Å². The van der Waals surface area contributed by atoms with E-state index in [1.165, 1.54) is 0 Å². The number of rotatable bonds is 4. The molecule has 1 unspecified atom stereocenters. The molecule has 15 heavy (non-hydrogen) atoms. The lowest BCUT2D eigenvalue weighted by molar-refractivity contribution is -0.169. The fourth-order valence-electron chi connectivity index (χ4n) is 1.34. The van der Waals surface area contributed by atoms with Gasteiger partial charge in [-0.2, -0.15) is 8.78 Å². The van der Waals surface area contributed by atoms with Crippen molar-refractivity contribution in [3.63, 3.8) is 0 Å². The van der Waals surface area contributed by atoms with Gasteiger partial charge >= 0.3 is 12.3 Å². The smallest absolute Gasteiger partial charge is 0.350 e. The Hall–Kier alpha value is -0.850. The number of carbonyl (C=O) groups excluding carboxylic acids is 1. The highest BCUT2D eigenvalue weighted by atomic mass is 19.3. The van der Waals surface area contributed by atoms with E-state index in [1.54, 1.807) is 0 Å². The molecule has 0 radical (unpaired) electrons. The molecule has 1 atom stereocenters. The number of halogens is 4. The maximum atomic E-state index is 12.4. The van der Waals surface area contributed by atoms with E-state index in [0.29, 0.717) is 6.54 Å². The summed E-state index contributed by atoms with van der Waals surface area (Å²) in [4.78, 5) is 10.7. The van der Waals surface area contributed by atoms with Crippen LogP contribution in [0.2, 0.25) is 0 Å². The Morgan fingerprint density at radius 3 is 2.67 bits per heavy atom. The summed E-state index contributed by atoms with van der Waals surface area (Å²) in [6.07, 6.45) is -3.21. The van der Waals surface area contributed by atoms with E-state index in [2.05, 4.69) is 5.32 Å². The van der Waals surface area contributed by atoms with Gasteiger partial charge in [0.2, 0.25) is 0 Å². The third-order valence-electron chi connectivity index (χ3n) is 2.29. The van der Waals surface area contributed by atoms with Gasteiger partial charge in [0.25, 0.3) is 5.91 Å². The molecule has 1 heterocycles. The van der Waals surface area contributed by atoms with Crippen LogP contribution in [0.25, 0.3) is 0 Å². The van der Waals surface area contributed by atoms with Crippen molar-refractivity contribution in [2.75, 3.05) is 19.6 Å². The number of nitrogens with one attached hydrogen (secondary N) is 2. The van der Waals surface area contributed by atoms with Gasteiger partial charge in [-0.3, -0.25) is 4.79 Å². The molecule has 1 aliphatic heterocycles. The fourth-order valence-corrected chi connectivity index (χ4v) is 1.34. The summed E-state index contributed by atoms with van der Waals surface area (Å²) >= 11 is 0. The molecule has 2 N–H and O–H groups in total. The second-order valence-electron chi connectivity index (χ2n) is 3.49. The van der Waals surface area contributed by atoms with Gasteiger partial charge in [-0.25, -0.2) is 8.78 Å². The quantitative estimate of drug-likeness (QED) is 0.692. The van der Waals surface area contributed by atoms with Crippen molar-refractivity contribution >= 4 is 5.91 Å². The minimum Gasteiger partial charge on any atom is -0.350 e. The van der Waals surface area contributed by atoms with Crippen molar-refractivity contribution in [3.8, 4) is 0 Å². The summed E-state index contributed by atoms with van der Waals surface area (Å²) in [5.41, 5.74) is 0. The van der Waals surface area contributed by atoms with E-state index in [-0.39, 0.29) is 12.5 Å². The average molecular weight is 228 g/mol. The summed E-state index contributed by atoms with van der Waals surface area (Å²) in [6.45, 7) is 1.38. The molecule has 1 fully saturated rings. The largest absolute Gasteiger partial charge is 0.383 e. The molecule has 0 saturated carbocycles. The van der Waals surface area contributed by atoms with Crippen molar-refractivity contribution in [3.05, 3.63) is 0 Å². The molecular formula is C8H12F4N2O. The molecule has 3 nitrogen and oxygen atoms in total. The number of carbonyl (C=O) groups is 1. The van der Waals surface area contributed by atoms with Gasteiger partial charge in [-0.15, -0.1) is 0 Å². The summed E-state index contributed by atoms with van der Waals surface area (Å²) in [5.74, 6) is -6.45. The molecule has 0 bridgehead atoms. The molecule has 0 spiro atoms. The molecule has 7 heteroatoms. The van der Waals surface area contributed by atoms with Crippen LogP contribution in [0.5, 0.6) is 0 Å². The van der Waals surface area contributed by atoms with E-state index >= 15 is 0 Å². The first-order valence-electron chi connectivity index (χ1n) is 4.59. The first-order valence-corrected chi connectivity index (χ1v) is 4.59. The number of alkyl halides is 4. The lowest BCUT2D eigenvalue weighted by atomic mass is 10.1. The number of amides is 1. The van der Waals surface area contributed by atoms with Gasteiger partial charge in [0.15, 0.2) is 0 Å². The Kier molecular flexibility index (Phi) is 3.90. The minimum atomic E-state index is -4.59. The van der Waals surface area contributed by atoms with Crippen molar-refractivity contribution in [1.29, 1.82) is 0 Å². The molecule has 0 aromatic rings. The van der Waals surface area contributed by atoms with Crippen LogP contribution in [0, 0.1) is 5.92 Å². The van der Waals surface area contributed by atoms with E-state index < -0.39 is 18.3 Å². The number of hydrogen-bond donors (Lipinski definition) is 2. The third kappa shape index (κ3) is 3.05. The molecule has 0 aromatic heterocycles. The normalized spacial score (nSPS) is 22.1. The maximum Gasteiger partial charge on any atom is 0.383 e. The third-order valence-corrected chi connectivity index (χ3v) is 2.29. The van der Waals surface area contributed by atoms with Crippen LogP contribution in [0.4, 0.5) is 17.6 Å². The molecule has 1 rings (SSSR count). The highest BCUT2D eigenvalue weighted by molar-refractivity contribution is 5.83. The predicted octanol–water partition coefficient (Wildman–Crippen LogP) is 0.612. The summed E-state index contributed by atoms with van der Waals surface area (Å²) in [7, 11) is 0. The molecule has 0 aliphatic carbocycles. The van der Waals surface area contributed by atoms with Gasteiger partial charge < -0.3 is 10.6 Å². The van der Waals surface area contributed by atoms with E-state index in [9.17, 15) is 22.4 Å². The second-order valence-corrected chi connectivity index (χ2v) is 3.49.